The Morgan fingerprint density at radius 1 is 0.814 bits per heavy atom. The molecule has 15 atom stereocenters. The van der Waals surface area contributed by atoms with Crippen molar-refractivity contribution in [3.8, 4) is 0 Å². The van der Waals surface area contributed by atoms with Crippen LogP contribution in [-0.2, 0) is 28.5 Å². The molecule has 2 unspecified atom stereocenters. The molecule has 250 valence electrons. The van der Waals surface area contributed by atoms with Gasteiger partial charge in [0.05, 0.1) is 30.8 Å². The third-order valence-electron chi connectivity index (χ3n) is 7.96. The highest BCUT2D eigenvalue weighted by Crippen LogP contribution is 2.32. The van der Waals surface area contributed by atoms with Gasteiger partial charge in [-0.25, -0.2) is 0 Å². The second kappa shape index (κ2) is 16.1. The SMILES string of the molecule is NCC(O)C(=O)N[C@@H]1CC[C@@H](CN)O[C@H]1O[C@H]1[C@H](O)[C@@H](O[C@H]2O[C@H](CO)[C@@H](O)[C@H](N)[C@H]2O)[C@H](NC(=O)C(O)CN)C[C@@H]1N. The Bertz CT molecular complexity index is 909. The normalized spacial score (nSPS) is 41.7. The summed E-state index contributed by atoms with van der Waals surface area (Å²) < 4.78 is 23.5. The number of hydrogen-bond acceptors (Lipinski definition) is 17. The standard InChI is InChI=1S/C24H47N7O12/c25-4-8-1-2-10(30-21(38)12(33)5-26)23(40-8)42-19-9(28)3-11(31-22(39)13(34)6-27)20(18(19)37)43-24-17(36)15(29)16(35)14(7-32)41-24/h8-20,23-24,32-37H,1-7,25-29H2,(H,30,38)(H,31,39)/t8-,9-,10+,11+,12?,13?,14+,15-,16+,17+,18-,19+,20-,23-,24+/m0/s1. The smallest absolute Gasteiger partial charge is 0.250 e. The number of aliphatic hydroxyl groups excluding tert-OH is 6. The summed E-state index contributed by atoms with van der Waals surface area (Å²) in [5.74, 6) is -1.64. The quantitative estimate of drug-likeness (QED) is 0.0957. The van der Waals surface area contributed by atoms with E-state index < -0.39 is 117 Å². The van der Waals surface area contributed by atoms with E-state index in [1.54, 1.807) is 0 Å². The fraction of sp³-hybridized carbons (Fsp3) is 0.917. The third-order valence-corrected chi connectivity index (χ3v) is 7.96. The first-order valence-electron chi connectivity index (χ1n) is 14.2. The lowest BCUT2D eigenvalue weighted by atomic mass is 9.83. The minimum atomic E-state index is -1.65. The molecule has 1 aliphatic carbocycles. The van der Waals surface area contributed by atoms with Crippen LogP contribution in [0.25, 0.3) is 0 Å². The average molecular weight is 626 g/mol. The molecule has 0 aromatic rings. The van der Waals surface area contributed by atoms with Crippen LogP contribution in [-0.4, -0.2) is 160 Å². The number of hydrogen-bond donors (Lipinski definition) is 13. The first-order valence-corrected chi connectivity index (χ1v) is 14.2. The first kappa shape index (κ1) is 35.8. The van der Waals surface area contributed by atoms with Gasteiger partial charge in [0.2, 0.25) is 5.91 Å². The van der Waals surface area contributed by atoms with E-state index in [9.17, 15) is 40.2 Å². The molecule has 2 aliphatic heterocycles. The van der Waals surface area contributed by atoms with Crippen molar-refractivity contribution in [2.75, 3.05) is 26.2 Å². The molecule has 19 nitrogen and oxygen atoms in total. The summed E-state index contributed by atoms with van der Waals surface area (Å²) in [6.07, 6.45) is -14.2. The summed E-state index contributed by atoms with van der Waals surface area (Å²) in [5.41, 5.74) is 28.8. The molecule has 0 spiro atoms. The Morgan fingerprint density at radius 2 is 1.40 bits per heavy atom. The number of amides is 2. The van der Waals surface area contributed by atoms with Crippen molar-refractivity contribution in [2.24, 2.45) is 28.7 Å². The molecule has 3 fully saturated rings. The lowest BCUT2D eigenvalue weighted by Gasteiger charge is -2.48. The summed E-state index contributed by atoms with van der Waals surface area (Å²) in [5, 5.41) is 66.9. The number of nitrogens with one attached hydrogen (secondary N) is 2. The number of ether oxygens (including phenoxy) is 4. The van der Waals surface area contributed by atoms with E-state index in [0.717, 1.165) is 0 Å². The van der Waals surface area contributed by atoms with Crippen LogP contribution in [0.1, 0.15) is 19.3 Å². The van der Waals surface area contributed by atoms with Crippen LogP contribution in [0.15, 0.2) is 0 Å². The molecule has 18 N–H and O–H groups in total. The summed E-state index contributed by atoms with van der Waals surface area (Å²) in [6, 6.07) is -4.14. The predicted octanol–water partition coefficient (Wildman–Crippen LogP) is -8.31. The highest BCUT2D eigenvalue weighted by atomic mass is 16.7. The zero-order valence-electron chi connectivity index (χ0n) is 23.6. The number of rotatable bonds is 12. The summed E-state index contributed by atoms with van der Waals surface area (Å²) in [6.45, 7) is -1.25. The van der Waals surface area contributed by atoms with Gasteiger partial charge >= 0.3 is 0 Å². The van der Waals surface area contributed by atoms with Crippen molar-refractivity contribution in [3.63, 3.8) is 0 Å². The molecule has 1 saturated carbocycles. The van der Waals surface area contributed by atoms with Gasteiger partial charge < -0.3 is 88.9 Å². The lowest BCUT2D eigenvalue weighted by Crippen LogP contribution is -2.69. The van der Waals surface area contributed by atoms with Gasteiger partial charge in [0.25, 0.3) is 5.91 Å². The van der Waals surface area contributed by atoms with Gasteiger partial charge in [0, 0.05) is 25.7 Å². The second-order valence-corrected chi connectivity index (χ2v) is 11.0. The van der Waals surface area contributed by atoms with Crippen LogP contribution < -0.4 is 39.3 Å². The predicted molar refractivity (Wildman–Crippen MR) is 145 cm³/mol. The first-order chi connectivity index (χ1) is 20.4. The molecule has 0 aromatic carbocycles. The molecule has 2 saturated heterocycles. The highest BCUT2D eigenvalue weighted by molar-refractivity contribution is 5.81. The Balaban J connectivity index is 1.86. The van der Waals surface area contributed by atoms with Crippen molar-refractivity contribution >= 4 is 11.8 Å². The summed E-state index contributed by atoms with van der Waals surface area (Å²) >= 11 is 0. The van der Waals surface area contributed by atoms with Crippen LogP contribution in [0.4, 0.5) is 0 Å². The minimum absolute atomic E-state index is 0.0910. The molecular weight excluding hydrogens is 578 g/mol. The second-order valence-electron chi connectivity index (χ2n) is 11.0. The van der Waals surface area contributed by atoms with Gasteiger partial charge in [-0.3, -0.25) is 9.59 Å². The number of carbonyl (C=O) groups excluding carboxylic acids is 2. The van der Waals surface area contributed by atoms with Gasteiger partial charge in [-0.05, 0) is 19.3 Å². The molecule has 3 rings (SSSR count). The van der Waals surface area contributed by atoms with Crippen molar-refractivity contribution in [2.45, 2.75) is 111 Å². The molecular formula is C24H47N7O12. The summed E-state index contributed by atoms with van der Waals surface area (Å²) in [7, 11) is 0. The largest absolute Gasteiger partial charge is 0.394 e. The zero-order valence-corrected chi connectivity index (χ0v) is 23.6. The molecule has 3 aliphatic rings. The number of nitrogens with two attached hydrogens (primary N) is 5. The van der Waals surface area contributed by atoms with Gasteiger partial charge in [-0.2, -0.15) is 0 Å². The maximum atomic E-state index is 12.5. The molecule has 0 bridgehead atoms. The van der Waals surface area contributed by atoms with E-state index in [2.05, 4.69) is 10.6 Å². The molecule has 0 aromatic heterocycles. The van der Waals surface area contributed by atoms with Crippen LogP contribution in [0.3, 0.4) is 0 Å². The average Bonchev–Trinajstić information content (AvgIpc) is 3.00. The number of carbonyl (C=O) groups is 2. The maximum absolute atomic E-state index is 12.5. The maximum Gasteiger partial charge on any atom is 0.250 e. The molecule has 0 radical (unpaired) electrons. The van der Waals surface area contributed by atoms with Gasteiger partial charge in [-0.1, -0.05) is 0 Å². The Hall–Kier alpha value is -1.66. The van der Waals surface area contributed by atoms with E-state index >= 15 is 0 Å². The molecule has 2 amide bonds. The molecule has 43 heavy (non-hydrogen) atoms. The monoisotopic (exact) mass is 625 g/mol. The van der Waals surface area contributed by atoms with E-state index in [1.807, 2.05) is 0 Å². The highest BCUT2D eigenvalue weighted by Gasteiger charge is 2.51. The fourth-order valence-corrected chi connectivity index (χ4v) is 5.34. The van der Waals surface area contributed by atoms with Gasteiger partial charge in [0.1, 0.15) is 48.8 Å². The molecule has 19 heteroatoms. The van der Waals surface area contributed by atoms with Gasteiger partial charge in [0.15, 0.2) is 12.6 Å². The van der Waals surface area contributed by atoms with Crippen LogP contribution in [0.2, 0.25) is 0 Å². The van der Waals surface area contributed by atoms with Crippen molar-refractivity contribution in [3.05, 3.63) is 0 Å². The number of aliphatic hydroxyl groups is 6. The van der Waals surface area contributed by atoms with Crippen LogP contribution in [0, 0.1) is 0 Å². The van der Waals surface area contributed by atoms with Crippen molar-refractivity contribution < 1.29 is 59.2 Å². The molecule has 2 heterocycles. The van der Waals surface area contributed by atoms with Crippen LogP contribution >= 0.6 is 0 Å². The van der Waals surface area contributed by atoms with E-state index in [1.165, 1.54) is 0 Å². The van der Waals surface area contributed by atoms with Crippen molar-refractivity contribution in [1.29, 1.82) is 0 Å². The van der Waals surface area contributed by atoms with E-state index in [0.29, 0.717) is 12.8 Å². The third kappa shape index (κ3) is 8.54. The Kier molecular flexibility index (Phi) is 13.4. The van der Waals surface area contributed by atoms with E-state index in [4.69, 9.17) is 47.6 Å². The lowest BCUT2D eigenvalue weighted by molar-refractivity contribution is -0.314. The Labute approximate surface area is 247 Å². The van der Waals surface area contributed by atoms with Crippen LogP contribution in [0.5, 0.6) is 0 Å². The Morgan fingerprint density at radius 3 is 1.95 bits per heavy atom. The van der Waals surface area contributed by atoms with Crippen molar-refractivity contribution in [1.82, 2.24) is 10.6 Å². The minimum Gasteiger partial charge on any atom is -0.394 e. The summed E-state index contributed by atoms with van der Waals surface area (Å²) in [4.78, 5) is 24.9. The topological polar surface area (TPSA) is 347 Å². The van der Waals surface area contributed by atoms with E-state index in [-0.39, 0.29) is 19.5 Å². The van der Waals surface area contributed by atoms with Gasteiger partial charge in [-0.15, -0.1) is 0 Å². The fourth-order valence-electron chi connectivity index (χ4n) is 5.34. The zero-order chi connectivity index (χ0) is 32.0.